The highest BCUT2D eigenvalue weighted by atomic mass is 16.6. The lowest BCUT2D eigenvalue weighted by molar-refractivity contribution is -0.161. The van der Waals surface area contributed by atoms with Crippen molar-refractivity contribution in [2.24, 2.45) is 11.8 Å². The van der Waals surface area contributed by atoms with Crippen molar-refractivity contribution in [3.8, 4) is 0 Å². The second-order valence-corrected chi connectivity index (χ2v) is 13.5. The normalized spacial score (nSPS) is 21.0. The van der Waals surface area contributed by atoms with Crippen LogP contribution >= 0.6 is 0 Å². The average molecular weight is 573 g/mol. The summed E-state index contributed by atoms with van der Waals surface area (Å²) in [4.78, 5) is 49.4. The van der Waals surface area contributed by atoms with Gasteiger partial charge in [-0.15, -0.1) is 0 Å². The molecular weight excluding hydrogens is 520 g/mol. The molecule has 0 aromatic heterocycles. The van der Waals surface area contributed by atoms with Crippen LogP contribution in [0.1, 0.15) is 101 Å². The number of carbonyl (C=O) groups excluding carboxylic acids is 3. The zero-order valence-electron chi connectivity index (χ0n) is 25.9. The zero-order valence-corrected chi connectivity index (χ0v) is 25.9. The van der Waals surface area contributed by atoms with Crippen LogP contribution in [-0.2, 0) is 33.4 Å². The Morgan fingerprint density at radius 3 is 1.32 bits per heavy atom. The second-order valence-electron chi connectivity index (χ2n) is 13.5. The Morgan fingerprint density at radius 1 is 0.625 bits per heavy atom. The predicted molar refractivity (Wildman–Crippen MR) is 149 cm³/mol. The molecule has 0 radical (unpaired) electrons. The lowest BCUT2D eigenvalue weighted by Gasteiger charge is -2.33. The minimum atomic E-state index is -0.894. The van der Waals surface area contributed by atoms with Gasteiger partial charge in [0, 0.05) is 25.9 Å². The van der Waals surface area contributed by atoms with Crippen LogP contribution in [0.25, 0.3) is 0 Å². The minimum absolute atomic E-state index is 0.0162. The van der Waals surface area contributed by atoms with Gasteiger partial charge in [0.05, 0.1) is 0 Å². The summed E-state index contributed by atoms with van der Waals surface area (Å²) in [6.45, 7) is 16.7. The molecular formula is C28H52N4O8. The molecule has 12 nitrogen and oxygen atoms in total. The number of hydrogen-bond acceptors (Lipinski definition) is 11. The molecule has 12 heteroatoms. The summed E-state index contributed by atoms with van der Waals surface area (Å²) in [6.07, 6.45) is 2.43. The van der Waals surface area contributed by atoms with Crippen molar-refractivity contribution in [1.29, 1.82) is 0 Å². The first-order chi connectivity index (χ1) is 18.2. The van der Waals surface area contributed by atoms with Crippen molar-refractivity contribution < 1.29 is 38.5 Å². The van der Waals surface area contributed by atoms with Gasteiger partial charge < -0.3 is 19.3 Å². The van der Waals surface area contributed by atoms with E-state index in [0.717, 1.165) is 0 Å². The van der Waals surface area contributed by atoms with Crippen LogP contribution in [0.15, 0.2) is 0 Å². The van der Waals surface area contributed by atoms with Gasteiger partial charge in [-0.3, -0.25) is 19.2 Å². The van der Waals surface area contributed by atoms with E-state index in [1.807, 2.05) is 20.8 Å². The van der Waals surface area contributed by atoms with Gasteiger partial charge in [0.15, 0.2) is 0 Å². The molecule has 2 unspecified atom stereocenters. The van der Waals surface area contributed by atoms with Crippen LogP contribution in [0.4, 0.5) is 0 Å². The molecule has 1 fully saturated rings. The van der Waals surface area contributed by atoms with E-state index in [4.69, 9.17) is 14.2 Å². The number of aliphatic carboxylic acids is 1. The molecule has 232 valence electrons. The van der Waals surface area contributed by atoms with E-state index < -0.39 is 34.7 Å². The van der Waals surface area contributed by atoms with Crippen LogP contribution in [0.3, 0.4) is 0 Å². The molecule has 0 spiro atoms. The molecule has 0 aliphatic carbocycles. The third-order valence-corrected chi connectivity index (χ3v) is 5.78. The number of nitrogens with zero attached hydrogens (tertiary/aromatic N) is 2. The van der Waals surface area contributed by atoms with Crippen molar-refractivity contribution in [2.45, 2.75) is 118 Å². The maximum atomic E-state index is 12.6. The van der Waals surface area contributed by atoms with E-state index in [1.165, 1.54) is 0 Å². The molecule has 40 heavy (non-hydrogen) atoms. The molecule has 1 heterocycles. The SMILES string of the molecule is CC(C)(C)OC(=O)CC1CCC(CC(=O)O)CCN(CC(=O)OC(C)(C)C)NNN(CC(=O)OC(C)(C)C)CC1. The highest BCUT2D eigenvalue weighted by Gasteiger charge is 2.27. The fourth-order valence-electron chi connectivity index (χ4n) is 4.26. The molecule has 0 amide bonds. The molecule has 0 aromatic rings. The summed E-state index contributed by atoms with van der Waals surface area (Å²) in [5, 5.41) is 12.8. The quantitative estimate of drug-likeness (QED) is 0.290. The topological polar surface area (TPSA) is 147 Å². The summed E-state index contributed by atoms with van der Waals surface area (Å²) in [5.74, 6) is -2.32. The number of hydrazine groups is 3. The summed E-state index contributed by atoms with van der Waals surface area (Å²) in [5.41, 5.74) is 4.08. The van der Waals surface area contributed by atoms with Crippen molar-refractivity contribution in [2.75, 3.05) is 26.2 Å². The highest BCUT2D eigenvalue weighted by molar-refractivity contribution is 5.72. The Hall–Kier alpha value is -2.28. The largest absolute Gasteiger partial charge is 0.481 e. The van der Waals surface area contributed by atoms with Crippen LogP contribution < -0.4 is 11.1 Å². The third kappa shape index (κ3) is 18.1. The Morgan fingerprint density at radius 2 is 0.975 bits per heavy atom. The van der Waals surface area contributed by atoms with Gasteiger partial charge in [-0.1, -0.05) is 0 Å². The highest BCUT2D eigenvalue weighted by Crippen LogP contribution is 2.25. The zero-order chi connectivity index (χ0) is 30.7. The third-order valence-electron chi connectivity index (χ3n) is 5.78. The molecule has 1 aliphatic rings. The number of ether oxygens (including phenoxy) is 3. The average Bonchev–Trinajstić information content (AvgIpc) is 2.71. The Balaban J connectivity index is 3.13. The molecule has 0 aromatic carbocycles. The Labute approximate surface area is 239 Å². The smallest absolute Gasteiger partial charge is 0.322 e. The number of carboxylic acids is 1. The first-order valence-electron chi connectivity index (χ1n) is 14.1. The number of carboxylic acid groups (broad SMARTS) is 1. The molecule has 1 aliphatic heterocycles. The van der Waals surface area contributed by atoms with E-state index in [0.29, 0.717) is 38.8 Å². The molecule has 3 N–H and O–H groups in total. The summed E-state index contributed by atoms with van der Waals surface area (Å²) in [7, 11) is 0. The number of hydrogen-bond donors (Lipinski definition) is 3. The van der Waals surface area contributed by atoms with Gasteiger partial charge in [0.1, 0.15) is 29.9 Å². The van der Waals surface area contributed by atoms with Crippen LogP contribution in [0.2, 0.25) is 0 Å². The molecule has 1 saturated heterocycles. The van der Waals surface area contributed by atoms with Crippen LogP contribution in [0.5, 0.6) is 0 Å². The van der Waals surface area contributed by atoms with Gasteiger partial charge in [-0.05, 0) is 99.8 Å². The Kier molecular flexibility index (Phi) is 14.0. The standard InChI is InChI=1S/C28H52N4O8/c1-26(2,3)38-23(35)17-21-11-10-20(16-22(33)34)12-14-31(18-24(36)39-27(4,5)6)29-30-32(15-13-21)19-25(37)40-28(7,8)9/h20-21,29-30H,10-19H2,1-9H3,(H,33,34). The first-order valence-corrected chi connectivity index (χ1v) is 14.1. The van der Waals surface area contributed by atoms with Gasteiger partial charge in [-0.2, -0.15) is 11.1 Å². The number of nitrogens with one attached hydrogen (secondary N) is 2. The number of carbonyl (C=O) groups is 4. The van der Waals surface area contributed by atoms with Gasteiger partial charge >= 0.3 is 23.9 Å². The first kappa shape index (κ1) is 35.7. The van der Waals surface area contributed by atoms with Crippen LogP contribution in [-0.4, -0.2) is 82.0 Å². The van der Waals surface area contributed by atoms with Gasteiger partial charge in [-0.25, -0.2) is 10.0 Å². The van der Waals surface area contributed by atoms with Crippen molar-refractivity contribution in [3.05, 3.63) is 0 Å². The van der Waals surface area contributed by atoms with E-state index in [9.17, 15) is 24.3 Å². The fourth-order valence-corrected chi connectivity index (χ4v) is 4.26. The molecule has 0 saturated carbocycles. The minimum Gasteiger partial charge on any atom is -0.481 e. The monoisotopic (exact) mass is 572 g/mol. The van der Waals surface area contributed by atoms with E-state index in [2.05, 4.69) is 11.1 Å². The van der Waals surface area contributed by atoms with Crippen molar-refractivity contribution in [3.63, 3.8) is 0 Å². The van der Waals surface area contributed by atoms with E-state index >= 15 is 0 Å². The summed E-state index contributed by atoms with van der Waals surface area (Å²) in [6, 6.07) is 0. The number of rotatable bonds is 8. The lowest BCUT2D eigenvalue weighted by Crippen LogP contribution is -2.58. The Bertz CT molecular complexity index is 799. The predicted octanol–water partition coefficient (Wildman–Crippen LogP) is 3.21. The van der Waals surface area contributed by atoms with Crippen molar-refractivity contribution >= 4 is 23.9 Å². The summed E-state index contributed by atoms with van der Waals surface area (Å²) >= 11 is 0. The molecule has 2 atom stereocenters. The van der Waals surface area contributed by atoms with E-state index in [1.54, 1.807) is 51.6 Å². The van der Waals surface area contributed by atoms with Gasteiger partial charge in [0.2, 0.25) is 0 Å². The van der Waals surface area contributed by atoms with Crippen molar-refractivity contribution in [1.82, 2.24) is 21.1 Å². The van der Waals surface area contributed by atoms with E-state index in [-0.39, 0.29) is 43.7 Å². The maximum absolute atomic E-state index is 12.6. The van der Waals surface area contributed by atoms with Gasteiger partial charge in [0.25, 0.3) is 0 Å². The number of esters is 3. The maximum Gasteiger partial charge on any atom is 0.322 e. The van der Waals surface area contributed by atoms with Crippen LogP contribution in [0, 0.1) is 11.8 Å². The fraction of sp³-hybridized carbons (Fsp3) is 0.857. The molecule has 1 rings (SSSR count). The molecule has 0 bridgehead atoms. The lowest BCUT2D eigenvalue weighted by atomic mass is 9.88. The second kappa shape index (κ2) is 15.6. The summed E-state index contributed by atoms with van der Waals surface area (Å²) < 4.78 is 16.5.